The molecule has 0 bridgehead atoms. The summed E-state index contributed by atoms with van der Waals surface area (Å²) in [5.41, 5.74) is 3.82. The Bertz CT molecular complexity index is 564. The molecule has 2 aromatic rings. The minimum absolute atomic E-state index is 0.331. The molecule has 1 fully saturated rings. The van der Waals surface area contributed by atoms with Gasteiger partial charge in [0.15, 0.2) is 0 Å². The Kier molecular flexibility index (Phi) is 4.39. The van der Waals surface area contributed by atoms with E-state index in [1.807, 2.05) is 7.05 Å². The largest absolute Gasteiger partial charge is 0.313 e. The van der Waals surface area contributed by atoms with Crippen molar-refractivity contribution in [2.45, 2.75) is 51.1 Å². The van der Waals surface area contributed by atoms with Gasteiger partial charge in [-0.15, -0.1) is 0 Å². The molecule has 3 rings (SSSR count). The third-order valence-corrected chi connectivity index (χ3v) is 4.60. The monoisotopic (exact) mass is 283 g/mol. The zero-order valence-corrected chi connectivity index (χ0v) is 13.0. The molecule has 1 atom stereocenters. The number of benzene rings is 1. The fourth-order valence-electron chi connectivity index (χ4n) is 3.25. The highest BCUT2D eigenvalue weighted by atomic mass is 15.3. The van der Waals surface area contributed by atoms with E-state index in [9.17, 15) is 0 Å². The molecule has 0 saturated heterocycles. The number of hydrogen-bond acceptors (Lipinski definition) is 2. The predicted molar refractivity (Wildman–Crippen MR) is 86.4 cm³/mol. The van der Waals surface area contributed by atoms with Gasteiger partial charge < -0.3 is 5.32 Å². The third kappa shape index (κ3) is 3.35. The standard InChI is InChI=1S/C18H25N3/c1-14-7-9-15(10-8-14)18(19-2)13-16-11-12-21(20-16)17-5-3-4-6-17/h7-12,17-19H,3-6,13H2,1-2H3. The van der Waals surface area contributed by atoms with Crippen molar-refractivity contribution in [3.05, 3.63) is 53.3 Å². The van der Waals surface area contributed by atoms with Crippen LogP contribution in [0.5, 0.6) is 0 Å². The molecule has 0 radical (unpaired) electrons. The first-order valence-corrected chi connectivity index (χ1v) is 8.04. The highest BCUT2D eigenvalue weighted by molar-refractivity contribution is 5.25. The van der Waals surface area contributed by atoms with Crippen LogP contribution in [0.2, 0.25) is 0 Å². The summed E-state index contributed by atoms with van der Waals surface area (Å²) in [5.74, 6) is 0. The van der Waals surface area contributed by atoms with E-state index >= 15 is 0 Å². The Labute approximate surface area is 127 Å². The number of likely N-dealkylation sites (N-methyl/N-ethyl adjacent to an activating group) is 1. The molecule has 21 heavy (non-hydrogen) atoms. The minimum Gasteiger partial charge on any atom is -0.313 e. The van der Waals surface area contributed by atoms with Crippen LogP contribution >= 0.6 is 0 Å². The van der Waals surface area contributed by atoms with E-state index < -0.39 is 0 Å². The Morgan fingerprint density at radius 3 is 2.57 bits per heavy atom. The van der Waals surface area contributed by atoms with Crippen molar-refractivity contribution < 1.29 is 0 Å². The van der Waals surface area contributed by atoms with E-state index in [1.165, 1.54) is 42.5 Å². The zero-order valence-electron chi connectivity index (χ0n) is 13.0. The van der Waals surface area contributed by atoms with E-state index in [1.54, 1.807) is 0 Å². The molecule has 1 N–H and O–H groups in total. The summed E-state index contributed by atoms with van der Waals surface area (Å²) >= 11 is 0. The first-order chi connectivity index (χ1) is 10.3. The fourth-order valence-corrected chi connectivity index (χ4v) is 3.25. The van der Waals surface area contributed by atoms with Crippen LogP contribution in [0.4, 0.5) is 0 Å². The average molecular weight is 283 g/mol. The Balaban J connectivity index is 1.70. The zero-order chi connectivity index (χ0) is 14.7. The second kappa shape index (κ2) is 6.44. The molecule has 1 heterocycles. The van der Waals surface area contributed by atoms with Crippen LogP contribution in [0.15, 0.2) is 36.5 Å². The van der Waals surface area contributed by atoms with E-state index in [-0.39, 0.29) is 0 Å². The normalized spacial score (nSPS) is 17.2. The van der Waals surface area contributed by atoms with Crippen molar-refractivity contribution in [1.82, 2.24) is 15.1 Å². The summed E-state index contributed by atoms with van der Waals surface area (Å²) in [4.78, 5) is 0. The summed E-state index contributed by atoms with van der Waals surface area (Å²) in [6.45, 7) is 2.13. The molecule has 1 saturated carbocycles. The van der Waals surface area contributed by atoms with Crippen LogP contribution in [0.3, 0.4) is 0 Å². The smallest absolute Gasteiger partial charge is 0.0643 e. The maximum Gasteiger partial charge on any atom is 0.0643 e. The van der Waals surface area contributed by atoms with Gasteiger partial charge in [0.25, 0.3) is 0 Å². The van der Waals surface area contributed by atoms with Gasteiger partial charge in [0.05, 0.1) is 11.7 Å². The van der Waals surface area contributed by atoms with E-state index in [0.717, 1.165) is 6.42 Å². The molecule has 1 aromatic carbocycles. The lowest BCUT2D eigenvalue weighted by molar-refractivity contribution is 0.459. The van der Waals surface area contributed by atoms with Crippen molar-refractivity contribution in [2.75, 3.05) is 7.05 Å². The van der Waals surface area contributed by atoms with Crippen molar-refractivity contribution in [1.29, 1.82) is 0 Å². The van der Waals surface area contributed by atoms with Gasteiger partial charge in [-0.05, 0) is 38.4 Å². The molecule has 112 valence electrons. The number of aryl methyl sites for hydroxylation is 1. The van der Waals surface area contributed by atoms with Crippen LogP contribution < -0.4 is 5.32 Å². The summed E-state index contributed by atoms with van der Waals surface area (Å²) in [6, 6.07) is 11.9. The molecule has 0 aliphatic heterocycles. The van der Waals surface area contributed by atoms with Crippen LogP contribution in [0.1, 0.15) is 54.6 Å². The lowest BCUT2D eigenvalue weighted by Crippen LogP contribution is -2.19. The van der Waals surface area contributed by atoms with Crippen molar-refractivity contribution >= 4 is 0 Å². The van der Waals surface area contributed by atoms with Crippen LogP contribution in [-0.2, 0) is 6.42 Å². The molecule has 0 spiro atoms. The molecule has 0 amide bonds. The number of nitrogens with zero attached hydrogens (tertiary/aromatic N) is 2. The first-order valence-electron chi connectivity index (χ1n) is 8.04. The van der Waals surface area contributed by atoms with Gasteiger partial charge in [-0.3, -0.25) is 4.68 Å². The van der Waals surface area contributed by atoms with Gasteiger partial charge in [0, 0.05) is 18.7 Å². The molecule has 1 aliphatic rings. The average Bonchev–Trinajstić information content (AvgIpc) is 3.17. The van der Waals surface area contributed by atoms with Gasteiger partial charge in [-0.25, -0.2) is 0 Å². The number of nitrogens with one attached hydrogen (secondary N) is 1. The Hall–Kier alpha value is -1.61. The van der Waals surface area contributed by atoms with Gasteiger partial charge in [-0.2, -0.15) is 5.10 Å². The Morgan fingerprint density at radius 1 is 1.19 bits per heavy atom. The van der Waals surface area contributed by atoms with Crippen molar-refractivity contribution in [3.8, 4) is 0 Å². The Morgan fingerprint density at radius 2 is 1.90 bits per heavy atom. The highest BCUT2D eigenvalue weighted by Gasteiger charge is 2.18. The maximum atomic E-state index is 4.80. The third-order valence-electron chi connectivity index (χ3n) is 4.60. The van der Waals surface area contributed by atoms with Gasteiger partial charge in [0.1, 0.15) is 0 Å². The lowest BCUT2D eigenvalue weighted by atomic mass is 10.0. The second-order valence-corrected chi connectivity index (χ2v) is 6.18. The molecule has 1 aliphatic carbocycles. The van der Waals surface area contributed by atoms with Crippen LogP contribution in [0.25, 0.3) is 0 Å². The molecular formula is C18H25N3. The highest BCUT2D eigenvalue weighted by Crippen LogP contribution is 2.29. The second-order valence-electron chi connectivity index (χ2n) is 6.18. The number of hydrogen-bond donors (Lipinski definition) is 1. The SMILES string of the molecule is CNC(Cc1ccn(C2CCCC2)n1)c1ccc(C)cc1. The molecule has 1 unspecified atom stereocenters. The minimum atomic E-state index is 0.331. The maximum absolute atomic E-state index is 4.80. The summed E-state index contributed by atoms with van der Waals surface area (Å²) < 4.78 is 2.18. The van der Waals surface area contributed by atoms with Crippen molar-refractivity contribution in [2.24, 2.45) is 0 Å². The quantitative estimate of drug-likeness (QED) is 0.904. The van der Waals surface area contributed by atoms with Gasteiger partial charge in [0.2, 0.25) is 0 Å². The number of rotatable bonds is 5. The first kappa shape index (κ1) is 14.3. The molecule has 3 heteroatoms. The summed E-state index contributed by atoms with van der Waals surface area (Å²) in [7, 11) is 2.03. The van der Waals surface area contributed by atoms with Gasteiger partial charge in [-0.1, -0.05) is 42.7 Å². The van der Waals surface area contributed by atoms with E-state index in [0.29, 0.717) is 12.1 Å². The molecular weight excluding hydrogens is 258 g/mol. The van der Waals surface area contributed by atoms with Crippen LogP contribution in [-0.4, -0.2) is 16.8 Å². The van der Waals surface area contributed by atoms with Crippen molar-refractivity contribution in [3.63, 3.8) is 0 Å². The summed E-state index contributed by atoms with van der Waals surface area (Å²) in [6.07, 6.45) is 8.38. The fraction of sp³-hybridized carbons (Fsp3) is 0.500. The predicted octanol–water partition coefficient (Wildman–Crippen LogP) is 3.81. The van der Waals surface area contributed by atoms with E-state index in [4.69, 9.17) is 5.10 Å². The summed E-state index contributed by atoms with van der Waals surface area (Å²) in [5, 5.41) is 8.22. The topological polar surface area (TPSA) is 29.9 Å². The molecule has 3 nitrogen and oxygen atoms in total. The number of aromatic nitrogens is 2. The lowest BCUT2D eigenvalue weighted by Gasteiger charge is -2.16. The molecule has 1 aromatic heterocycles. The van der Waals surface area contributed by atoms with Gasteiger partial charge >= 0.3 is 0 Å². The van der Waals surface area contributed by atoms with E-state index in [2.05, 4.69) is 53.5 Å². The van der Waals surface area contributed by atoms with Crippen LogP contribution in [0, 0.1) is 6.92 Å².